The lowest BCUT2D eigenvalue weighted by atomic mass is 9.95. The molecule has 1 heterocycles. The van der Waals surface area contributed by atoms with Crippen LogP contribution in [0.2, 0.25) is 0 Å². The van der Waals surface area contributed by atoms with Crippen LogP contribution in [0.3, 0.4) is 0 Å². The highest BCUT2D eigenvalue weighted by molar-refractivity contribution is 5.64. The number of hydrogen-bond acceptors (Lipinski definition) is 3. The lowest BCUT2D eigenvalue weighted by Gasteiger charge is -2.26. The molecular formula is C34H28N3+. The van der Waals surface area contributed by atoms with Gasteiger partial charge in [0.2, 0.25) is 0 Å². The average Bonchev–Trinajstić information content (AvgIpc) is 3.45. The second kappa shape index (κ2) is 10.5. The molecule has 0 spiro atoms. The van der Waals surface area contributed by atoms with Gasteiger partial charge in [-0.2, -0.15) is 0 Å². The van der Waals surface area contributed by atoms with Crippen molar-refractivity contribution in [1.29, 1.82) is 0 Å². The van der Waals surface area contributed by atoms with Gasteiger partial charge < -0.3 is 0 Å². The van der Waals surface area contributed by atoms with Gasteiger partial charge in [0.1, 0.15) is 17.2 Å². The van der Waals surface area contributed by atoms with Crippen LogP contribution >= 0.6 is 0 Å². The van der Waals surface area contributed by atoms with Gasteiger partial charge in [-0.05, 0) is 33.4 Å². The highest BCUT2D eigenvalue weighted by Crippen LogP contribution is 2.35. The zero-order valence-corrected chi connectivity index (χ0v) is 20.6. The van der Waals surface area contributed by atoms with Crippen molar-refractivity contribution >= 4 is 6.34 Å². The molecule has 3 nitrogen and oxygen atoms in total. The Balaban J connectivity index is 1.33. The van der Waals surface area contributed by atoms with Crippen LogP contribution in [-0.4, -0.2) is 22.9 Å². The zero-order chi connectivity index (χ0) is 24.9. The van der Waals surface area contributed by atoms with Crippen LogP contribution in [-0.2, 0) is 0 Å². The third-order valence-electron chi connectivity index (χ3n) is 6.89. The summed E-state index contributed by atoms with van der Waals surface area (Å²) in [4.78, 5) is 2.21. The summed E-state index contributed by atoms with van der Waals surface area (Å²) in [7, 11) is 0. The van der Waals surface area contributed by atoms with Crippen LogP contribution in [0, 0.1) is 0 Å². The summed E-state index contributed by atoms with van der Waals surface area (Å²) in [5.74, 6) is 0. The number of hydrogen-bond donors (Lipinski definition) is 0. The van der Waals surface area contributed by atoms with Crippen molar-refractivity contribution in [2.75, 3.05) is 6.67 Å². The zero-order valence-electron chi connectivity index (χ0n) is 20.6. The summed E-state index contributed by atoms with van der Waals surface area (Å²) in [6.07, 6.45) is 3.35. The summed E-state index contributed by atoms with van der Waals surface area (Å²) in [5.41, 5.74) is 7.29. The van der Waals surface area contributed by atoms with Crippen LogP contribution in [0.4, 0.5) is 0 Å². The fourth-order valence-electron chi connectivity index (χ4n) is 5.10. The molecule has 1 aliphatic heterocycles. The maximum Gasteiger partial charge on any atom is 0.545 e. The molecule has 5 aromatic rings. The van der Waals surface area contributed by atoms with Crippen molar-refractivity contribution in [2.24, 2.45) is 5.10 Å². The Morgan fingerprint density at radius 3 is 1.38 bits per heavy atom. The SMILES string of the molecule is [C+]1=NN(C(c2ccccc2)c2ccc(-c3ccccc3)cc2)CN1C(c1ccccc1)c1ccccc1. The molecule has 37 heavy (non-hydrogen) atoms. The monoisotopic (exact) mass is 478 g/mol. The molecule has 0 amide bonds. The topological polar surface area (TPSA) is 18.8 Å². The first-order chi connectivity index (χ1) is 18.4. The second-order valence-corrected chi connectivity index (χ2v) is 9.28. The molecule has 1 unspecified atom stereocenters. The van der Waals surface area contributed by atoms with Gasteiger partial charge in [-0.1, -0.05) is 146 Å². The molecule has 0 N–H and O–H groups in total. The van der Waals surface area contributed by atoms with Crippen molar-refractivity contribution in [3.63, 3.8) is 0 Å². The molecule has 0 fully saturated rings. The Labute approximate surface area is 218 Å². The standard InChI is InChI=1S/C34H28N3/c1-5-13-27(14-6-1)28-21-23-32(24-22-28)34(31-19-11-4-12-20-31)37-26-36(25-35-37)33(29-15-7-2-8-16-29)30-17-9-3-10-18-30/h1-24,33-34H,26H2/q+1. The fraction of sp³-hybridized carbons (Fsp3) is 0.0882. The number of rotatable bonds is 7. The predicted octanol–water partition coefficient (Wildman–Crippen LogP) is 7.63. The normalized spacial score (nSPS) is 13.5. The van der Waals surface area contributed by atoms with E-state index in [0.717, 1.165) is 0 Å². The van der Waals surface area contributed by atoms with E-state index in [1.165, 1.54) is 33.4 Å². The van der Waals surface area contributed by atoms with Crippen molar-refractivity contribution < 1.29 is 0 Å². The summed E-state index contributed by atoms with van der Waals surface area (Å²) in [6.45, 7) is 0.633. The Morgan fingerprint density at radius 1 is 0.459 bits per heavy atom. The highest BCUT2D eigenvalue weighted by Gasteiger charge is 2.40. The van der Waals surface area contributed by atoms with E-state index in [1.54, 1.807) is 0 Å². The molecular weight excluding hydrogens is 450 g/mol. The van der Waals surface area contributed by atoms with E-state index in [4.69, 9.17) is 5.10 Å². The van der Waals surface area contributed by atoms with Gasteiger partial charge >= 0.3 is 6.34 Å². The van der Waals surface area contributed by atoms with Gasteiger partial charge in [-0.25, -0.2) is 5.01 Å². The van der Waals surface area contributed by atoms with Gasteiger partial charge in [0.05, 0.1) is 0 Å². The maximum absolute atomic E-state index is 4.83. The third-order valence-corrected chi connectivity index (χ3v) is 6.89. The summed E-state index contributed by atoms with van der Waals surface area (Å²) >= 11 is 0. The Kier molecular flexibility index (Phi) is 6.44. The van der Waals surface area contributed by atoms with E-state index in [1.807, 2.05) is 0 Å². The summed E-state index contributed by atoms with van der Waals surface area (Å²) < 4.78 is 0. The minimum absolute atomic E-state index is 0.0179. The molecule has 0 aliphatic carbocycles. The second-order valence-electron chi connectivity index (χ2n) is 9.28. The average molecular weight is 479 g/mol. The van der Waals surface area contributed by atoms with E-state index in [0.29, 0.717) is 6.67 Å². The molecule has 0 radical (unpaired) electrons. The van der Waals surface area contributed by atoms with Gasteiger partial charge in [0, 0.05) is 0 Å². The minimum atomic E-state index is -0.0179. The quantitative estimate of drug-likeness (QED) is 0.224. The molecule has 0 saturated heterocycles. The third kappa shape index (κ3) is 4.86. The number of nitrogens with zero attached hydrogens (tertiary/aromatic N) is 3. The van der Waals surface area contributed by atoms with E-state index in [9.17, 15) is 0 Å². The summed E-state index contributed by atoms with van der Waals surface area (Å²) in [5, 5.41) is 6.98. The lowest BCUT2D eigenvalue weighted by molar-refractivity contribution is 0.180. The number of hydrazone groups is 1. The molecule has 178 valence electrons. The Morgan fingerprint density at radius 2 is 0.865 bits per heavy atom. The molecule has 1 atom stereocenters. The van der Waals surface area contributed by atoms with E-state index in [2.05, 4.69) is 162 Å². The molecule has 5 aromatic carbocycles. The van der Waals surface area contributed by atoms with Crippen LogP contribution in [0.1, 0.15) is 34.3 Å². The van der Waals surface area contributed by atoms with Crippen LogP contribution in [0.5, 0.6) is 0 Å². The molecule has 6 rings (SSSR count). The van der Waals surface area contributed by atoms with Gasteiger partial charge in [0.15, 0.2) is 6.67 Å². The molecule has 0 aromatic heterocycles. The molecule has 3 heteroatoms. The van der Waals surface area contributed by atoms with Crippen molar-refractivity contribution in [2.45, 2.75) is 12.1 Å². The number of benzene rings is 5. The fourth-order valence-corrected chi connectivity index (χ4v) is 5.10. The van der Waals surface area contributed by atoms with E-state index < -0.39 is 0 Å². The molecule has 1 aliphatic rings. The van der Waals surface area contributed by atoms with Crippen molar-refractivity contribution in [3.8, 4) is 11.1 Å². The summed E-state index contributed by atoms with van der Waals surface area (Å²) in [6, 6.07) is 51.2. The van der Waals surface area contributed by atoms with E-state index in [-0.39, 0.29) is 12.1 Å². The van der Waals surface area contributed by atoms with Crippen molar-refractivity contribution in [1.82, 2.24) is 9.91 Å². The smallest absolute Gasteiger partial charge is 0.213 e. The first-order valence-electron chi connectivity index (χ1n) is 12.7. The van der Waals surface area contributed by atoms with Gasteiger partial charge in [0.25, 0.3) is 0 Å². The predicted molar refractivity (Wildman–Crippen MR) is 151 cm³/mol. The van der Waals surface area contributed by atoms with Crippen LogP contribution in [0.25, 0.3) is 11.1 Å². The van der Waals surface area contributed by atoms with Gasteiger partial charge in [-0.15, -0.1) is 4.90 Å². The molecule has 0 saturated carbocycles. The molecule has 0 bridgehead atoms. The minimum Gasteiger partial charge on any atom is -0.213 e. The highest BCUT2D eigenvalue weighted by atomic mass is 15.6. The maximum atomic E-state index is 4.83. The largest absolute Gasteiger partial charge is 0.545 e. The Hall–Kier alpha value is -4.72. The Bertz CT molecular complexity index is 1390. The van der Waals surface area contributed by atoms with Crippen molar-refractivity contribution in [3.05, 3.63) is 168 Å². The first-order valence-corrected chi connectivity index (χ1v) is 12.7. The van der Waals surface area contributed by atoms with Crippen LogP contribution < -0.4 is 0 Å². The van der Waals surface area contributed by atoms with Gasteiger partial charge in [-0.3, -0.25) is 0 Å². The first kappa shape index (κ1) is 22.7. The lowest BCUT2D eigenvalue weighted by Crippen LogP contribution is -2.33. The van der Waals surface area contributed by atoms with E-state index >= 15 is 0 Å². The van der Waals surface area contributed by atoms with Crippen LogP contribution in [0.15, 0.2) is 151 Å².